The summed E-state index contributed by atoms with van der Waals surface area (Å²) in [6.07, 6.45) is 6.53. The molecule has 1 aromatic carbocycles. The van der Waals surface area contributed by atoms with Crippen LogP contribution in [-0.2, 0) is 17.3 Å². The highest BCUT2D eigenvalue weighted by molar-refractivity contribution is 5.83. The summed E-state index contributed by atoms with van der Waals surface area (Å²) in [4.78, 5) is 15.4. The second-order valence-electron chi connectivity index (χ2n) is 8.74. The Kier molecular flexibility index (Phi) is 4.07. The molecule has 0 N–H and O–H groups in total. The monoisotopic (exact) mass is 385 g/mol. The molecule has 28 heavy (non-hydrogen) atoms. The topological polar surface area (TPSA) is 38.1 Å². The minimum atomic E-state index is -0.546. The molecule has 1 amide bonds. The number of carbonyl (C=O) groups is 1. The van der Waals surface area contributed by atoms with Gasteiger partial charge in [-0.15, -0.1) is 0 Å². The molecule has 4 fully saturated rings. The van der Waals surface area contributed by atoms with Crippen LogP contribution in [0, 0.1) is 23.5 Å². The van der Waals surface area contributed by atoms with Crippen molar-refractivity contribution in [2.45, 2.75) is 43.4 Å². The Bertz CT molecular complexity index is 914. The summed E-state index contributed by atoms with van der Waals surface area (Å²) in [6.45, 7) is 1.29. The SMILES string of the molecule is Cn1nccc1C12CCC(C1)C2C(=O)N1CCC(c2ccc(F)cc2F)CC1. The zero-order valence-corrected chi connectivity index (χ0v) is 16.1. The van der Waals surface area contributed by atoms with E-state index in [1.54, 1.807) is 6.07 Å². The fraction of sp³-hybridized carbons (Fsp3) is 0.545. The third kappa shape index (κ3) is 2.53. The summed E-state index contributed by atoms with van der Waals surface area (Å²) < 4.78 is 29.2. The minimum absolute atomic E-state index is 0.0487. The number of likely N-dealkylation sites (tertiary alicyclic amines) is 1. The molecule has 1 aliphatic heterocycles. The summed E-state index contributed by atoms with van der Waals surface area (Å²) in [5.74, 6) is -0.176. The number of benzene rings is 1. The molecular formula is C22H25F2N3O. The Hall–Kier alpha value is -2.24. The highest BCUT2D eigenvalue weighted by Gasteiger charge is 2.64. The molecule has 3 saturated carbocycles. The maximum atomic E-state index is 14.1. The number of rotatable bonds is 3. The van der Waals surface area contributed by atoms with Gasteiger partial charge in [0.1, 0.15) is 11.6 Å². The van der Waals surface area contributed by atoms with Gasteiger partial charge in [0.25, 0.3) is 0 Å². The maximum Gasteiger partial charge on any atom is 0.226 e. The van der Waals surface area contributed by atoms with Crippen molar-refractivity contribution in [1.82, 2.24) is 14.7 Å². The highest BCUT2D eigenvalue weighted by atomic mass is 19.1. The largest absolute Gasteiger partial charge is 0.342 e. The Labute approximate surface area is 163 Å². The van der Waals surface area contributed by atoms with Crippen LogP contribution >= 0.6 is 0 Å². The lowest BCUT2D eigenvalue weighted by molar-refractivity contribution is -0.145. The number of aryl methyl sites for hydroxylation is 1. The second-order valence-corrected chi connectivity index (χ2v) is 8.74. The number of aromatic nitrogens is 2. The van der Waals surface area contributed by atoms with E-state index >= 15 is 0 Å². The molecule has 1 saturated heterocycles. The molecule has 6 rings (SSSR count). The lowest BCUT2D eigenvalue weighted by atomic mass is 9.58. The molecule has 0 radical (unpaired) electrons. The third-order valence-electron chi connectivity index (χ3n) is 7.46. The predicted octanol–water partition coefficient (Wildman–Crippen LogP) is 3.77. The van der Waals surface area contributed by atoms with Crippen LogP contribution in [0.3, 0.4) is 0 Å². The van der Waals surface area contributed by atoms with Gasteiger partial charge in [0.15, 0.2) is 0 Å². The van der Waals surface area contributed by atoms with Gasteiger partial charge in [-0.1, -0.05) is 6.07 Å². The molecule has 3 unspecified atom stereocenters. The van der Waals surface area contributed by atoms with Crippen molar-refractivity contribution in [3.05, 3.63) is 53.4 Å². The number of nitrogens with zero attached hydrogens (tertiary/aromatic N) is 3. The predicted molar refractivity (Wildman–Crippen MR) is 101 cm³/mol. The first kappa shape index (κ1) is 17.8. The van der Waals surface area contributed by atoms with Crippen LogP contribution in [0.5, 0.6) is 0 Å². The van der Waals surface area contributed by atoms with Crippen LogP contribution < -0.4 is 0 Å². The van der Waals surface area contributed by atoms with Gasteiger partial charge < -0.3 is 4.90 Å². The zero-order valence-electron chi connectivity index (χ0n) is 16.1. The summed E-state index contributed by atoms with van der Waals surface area (Å²) in [5, 5.41) is 4.32. The third-order valence-corrected chi connectivity index (χ3v) is 7.46. The van der Waals surface area contributed by atoms with Gasteiger partial charge in [0.05, 0.1) is 5.92 Å². The van der Waals surface area contributed by atoms with E-state index in [1.807, 2.05) is 22.8 Å². The molecule has 1 aromatic heterocycles. The number of amides is 1. The standard InChI is InChI=1S/C22H25F2N3O/c1-26-19(5-9-25-26)22-8-4-15(13-22)20(22)21(28)27-10-6-14(7-11-27)17-3-2-16(23)12-18(17)24/h2-3,5,9,12,14-15,20H,4,6-8,10-11,13H2,1H3. The summed E-state index contributed by atoms with van der Waals surface area (Å²) in [6, 6.07) is 5.89. The lowest BCUT2D eigenvalue weighted by Crippen LogP contribution is -2.55. The fourth-order valence-corrected chi connectivity index (χ4v) is 6.10. The van der Waals surface area contributed by atoms with Gasteiger partial charge in [-0.3, -0.25) is 9.48 Å². The van der Waals surface area contributed by atoms with Gasteiger partial charge in [-0.05, 0) is 61.6 Å². The van der Waals surface area contributed by atoms with E-state index in [-0.39, 0.29) is 23.2 Å². The van der Waals surface area contributed by atoms with Crippen molar-refractivity contribution in [2.75, 3.05) is 13.1 Å². The van der Waals surface area contributed by atoms with E-state index in [9.17, 15) is 13.6 Å². The van der Waals surface area contributed by atoms with E-state index in [0.29, 0.717) is 24.6 Å². The Morgan fingerprint density at radius 3 is 2.61 bits per heavy atom. The van der Waals surface area contributed by atoms with Crippen LogP contribution in [0.25, 0.3) is 0 Å². The highest BCUT2D eigenvalue weighted by Crippen LogP contribution is 2.64. The number of halogens is 2. The fourth-order valence-electron chi connectivity index (χ4n) is 6.10. The molecule has 4 nitrogen and oxygen atoms in total. The van der Waals surface area contributed by atoms with Crippen molar-refractivity contribution in [3.8, 4) is 0 Å². The Morgan fingerprint density at radius 1 is 1.18 bits per heavy atom. The Morgan fingerprint density at radius 2 is 1.96 bits per heavy atom. The molecule has 2 bridgehead atoms. The molecule has 3 aliphatic carbocycles. The average molecular weight is 385 g/mol. The molecule has 0 spiro atoms. The first-order valence-electron chi connectivity index (χ1n) is 10.2. The van der Waals surface area contributed by atoms with E-state index in [0.717, 1.165) is 38.2 Å². The van der Waals surface area contributed by atoms with Gasteiger partial charge in [-0.2, -0.15) is 5.10 Å². The average Bonchev–Trinajstić information content (AvgIpc) is 3.37. The summed E-state index contributed by atoms with van der Waals surface area (Å²) in [7, 11) is 1.96. The van der Waals surface area contributed by atoms with Gasteiger partial charge in [0, 0.05) is 43.5 Å². The van der Waals surface area contributed by atoms with Crippen molar-refractivity contribution >= 4 is 5.91 Å². The smallest absolute Gasteiger partial charge is 0.226 e. The van der Waals surface area contributed by atoms with Crippen LogP contribution in [0.1, 0.15) is 49.3 Å². The van der Waals surface area contributed by atoms with Crippen LogP contribution in [0.4, 0.5) is 8.78 Å². The quantitative estimate of drug-likeness (QED) is 0.807. The number of piperidine rings is 1. The summed E-state index contributed by atoms with van der Waals surface area (Å²) in [5.41, 5.74) is 1.71. The van der Waals surface area contributed by atoms with Crippen molar-refractivity contribution < 1.29 is 13.6 Å². The normalized spacial score (nSPS) is 29.8. The molecule has 6 heteroatoms. The van der Waals surface area contributed by atoms with Gasteiger partial charge >= 0.3 is 0 Å². The first-order chi connectivity index (χ1) is 13.5. The number of fused-ring (bicyclic) bond motifs is 1. The Balaban J connectivity index is 1.30. The zero-order chi connectivity index (χ0) is 19.5. The minimum Gasteiger partial charge on any atom is -0.342 e. The van der Waals surface area contributed by atoms with Crippen LogP contribution in [0.2, 0.25) is 0 Å². The van der Waals surface area contributed by atoms with Crippen molar-refractivity contribution in [2.24, 2.45) is 18.9 Å². The number of hydrogen-bond acceptors (Lipinski definition) is 2. The molecule has 4 aliphatic rings. The lowest BCUT2D eigenvalue weighted by Gasteiger charge is -2.49. The maximum absolute atomic E-state index is 14.1. The number of carbonyl (C=O) groups excluding carboxylic acids is 1. The van der Waals surface area contributed by atoms with Crippen molar-refractivity contribution in [3.63, 3.8) is 0 Å². The van der Waals surface area contributed by atoms with Gasteiger partial charge in [-0.25, -0.2) is 8.78 Å². The van der Waals surface area contributed by atoms with E-state index in [2.05, 4.69) is 11.2 Å². The molecular weight excluding hydrogens is 360 g/mol. The van der Waals surface area contributed by atoms with E-state index in [4.69, 9.17) is 0 Å². The van der Waals surface area contributed by atoms with E-state index < -0.39 is 11.6 Å². The second kappa shape index (κ2) is 6.39. The molecule has 2 heterocycles. The van der Waals surface area contributed by atoms with Crippen LogP contribution in [-0.4, -0.2) is 33.7 Å². The molecule has 3 atom stereocenters. The van der Waals surface area contributed by atoms with E-state index in [1.165, 1.54) is 11.8 Å². The van der Waals surface area contributed by atoms with Crippen LogP contribution in [0.15, 0.2) is 30.5 Å². The molecule has 148 valence electrons. The number of hydrogen-bond donors (Lipinski definition) is 0. The molecule has 2 aromatic rings. The first-order valence-corrected chi connectivity index (χ1v) is 10.2. The summed E-state index contributed by atoms with van der Waals surface area (Å²) >= 11 is 0. The van der Waals surface area contributed by atoms with Crippen molar-refractivity contribution in [1.29, 1.82) is 0 Å². The van der Waals surface area contributed by atoms with Gasteiger partial charge in [0.2, 0.25) is 5.91 Å².